The van der Waals surface area contributed by atoms with Crippen LogP contribution in [0.15, 0.2) is 83.4 Å². The van der Waals surface area contributed by atoms with Crippen molar-refractivity contribution in [3.8, 4) is 0 Å². The van der Waals surface area contributed by atoms with E-state index in [-0.39, 0.29) is 11.3 Å². The number of nitrogens with zero attached hydrogens (tertiary/aromatic N) is 1. The third kappa shape index (κ3) is 10.9. The number of alkyl carbamates (subject to hydrolysis) is 1. The number of aliphatic hydroxyl groups is 1. The number of nitrogens with one attached hydrogen (secondary N) is 2. The first-order chi connectivity index (χ1) is 21.7. The molecule has 0 aliphatic rings. The molecule has 254 valence electrons. The lowest BCUT2D eigenvalue weighted by molar-refractivity contribution is -0.123. The molecular formula is C33H46F2N4O6S. The van der Waals surface area contributed by atoms with Crippen LogP contribution in [-0.2, 0) is 19.6 Å². The van der Waals surface area contributed by atoms with E-state index < -0.39 is 78.0 Å². The van der Waals surface area contributed by atoms with Crippen molar-refractivity contribution in [2.45, 2.75) is 76.9 Å². The number of carbonyl (C=O) groups excluding carboxylic acids is 2. The lowest BCUT2D eigenvalue weighted by Gasteiger charge is -2.35. The fourth-order valence-electron chi connectivity index (χ4n) is 5.19. The number of aliphatic hydroxyl groups excluding tert-OH is 1. The van der Waals surface area contributed by atoms with Crippen LogP contribution in [0.3, 0.4) is 0 Å². The molecule has 0 radical (unpaired) electrons. The second-order valence-electron chi connectivity index (χ2n) is 11.2. The Balaban J connectivity index is 2.29. The molecule has 0 aromatic heterocycles. The molecular weight excluding hydrogens is 618 g/mol. The molecule has 0 fully saturated rings. The molecule has 2 aromatic rings. The van der Waals surface area contributed by atoms with Crippen molar-refractivity contribution in [1.29, 1.82) is 0 Å². The number of amides is 2. The SMILES string of the molecule is CC/C(=C\C=C(/C)N)S(=O)(=O)N(C(C)C)[C@H](CO)CC(F)(F)CCNC(=O)[C@@H](NC(=O)OC)C(c1ccccc1)c1ccccc1. The molecule has 46 heavy (non-hydrogen) atoms. The van der Waals surface area contributed by atoms with E-state index in [1.165, 1.54) is 12.2 Å². The largest absolute Gasteiger partial charge is 0.453 e. The normalized spacial score (nSPS) is 14.3. The molecule has 5 N–H and O–H groups in total. The molecule has 2 atom stereocenters. The number of hydrogen-bond donors (Lipinski definition) is 4. The molecule has 0 saturated carbocycles. The van der Waals surface area contributed by atoms with Crippen LogP contribution in [0.1, 0.15) is 64.0 Å². The van der Waals surface area contributed by atoms with E-state index in [1.807, 2.05) is 0 Å². The summed E-state index contributed by atoms with van der Waals surface area (Å²) in [7, 11) is -3.08. The second kappa shape index (κ2) is 17.8. The Kier molecular flexibility index (Phi) is 14.8. The molecule has 10 nitrogen and oxygen atoms in total. The number of nitrogens with two attached hydrogens (primary N) is 1. The molecule has 0 spiro atoms. The van der Waals surface area contributed by atoms with Crippen LogP contribution in [0.25, 0.3) is 0 Å². The van der Waals surface area contributed by atoms with Gasteiger partial charge in [0.05, 0.1) is 24.7 Å². The zero-order valence-electron chi connectivity index (χ0n) is 27.0. The zero-order chi connectivity index (χ0) is 34.5. The summed E-state index contributed by atoms with van der Waals surface area (Å²) in [5.74, 6) is -4.87. The van der Waals surface area contributed by atoms with Gasteiger partial charge < -0.3 is 26.2 Å². The van der Waals surface area contributed by atoms with Gasteiger partial charge in [0.25, 0.3) is 5.92 Å². The highest BCUT2D eigenvalue weighted by Crippen LogP contribution is 2.32. The number of benzene rings is 2. The van der Waals surface area contributed by atoms with Crippen molar-refractivity contribution in [1.82, 2.24) is 14.9 Å². The van der Waals surface area contributed by atoms with E-state index in [9.17, 15) is 23.1 Å². The monoisotopic (exact) mass is 664 g/mol. The van der Waals surface area contributed by atoms with Crippen molar-refractivity contribution in [3.63, 3.8) is 0 Å². The average molecular weight is 665 g/mol. The summed E-state index contributed by atoms with van der Waals surface area (Å²) in [6.45, 7) is 4.96. The van der Waals surface area contributed by atoms with E-state index in [1.54, 1.807) is 88.4 Å². The summed E-state index contributed by atoms with van der Waals surface area (Å²) in [6, 6.07) is 14.5. The van der Waals surface area contributed by atoms with Crippen LogP contribution in [0.2, 0.25) is 0 Å². The Hall–Kier alpha value is -3.81. The second-order valence-corrected chi connectivity index (χ2v) is 13.1. The number of hydrogen-bond acceptors (Lipinski definition) is 7. The summed E-state index contributed by atoms with van der Waals surface area (Å²) in [4.78, 5) is 25.8. The van der Waals surface area contributed by atoms with Gasteiger partial charge in [0, 0.05) is 37.0 Å². The van der Waals surface area contributed by atoms with Crippen LogP contribution < -0.4 is 16.4 Å². The lowest BCUT2D eigenvalue weighted by Crippen LogP contribution is -2.51. The van der Waals surface area contributed by atoms with Gasteiger partial charge >= 0.3 is 6.09 Å². The van der Waals surface area contributed by atoms with Gasteiger partial charge in [-0.2, -0.15) is 4.31 Å². The predicted molar refractivity (Wildman–Crippen MR) is 174 cm³/mol. The van der Waals surface area contributed by atoms with Crippen LogP contribution in [0.4, 0.5) is 13.6 Å². The highest BCUT2D eigenvalue weighted by atomic mass is 32.2. The number of methoxy groups -OCH3 is 1. The van der Waals surface area contributed by atoms with Crippen molar-refractivity contribution in [2.75, 3.05) is 20.3 Å². The number of ether oxygens (including phenoxy) is 1. The standard InChI is InChI=1S/C33H46F2N4O6S/c1-6-28(18-17-24(4)36)46(43,44)39(23(2)3)27(22-40)21-33(34,35)19-20-37-31(41)30(38-32(42)45-5)29(25-13-9-7-10-14-25)26-15-11-8-12-16-26/h7-18,23,27,29-30,40H,6,19-22,36H2,1-5H3,(H,37,41)(H,38,42)/b24-17+,28-18+/t27-,30-/m0/s1. The minimum atomic E-state index is -4.23. The quantitative estimate of drug-likeness (QED) is 0.180. The van der Waals surface area contributed by atoms with Gasteiger partial charge in [-0.25, -0.2) is 22.0 Å². The molecule has 0 unspecified atom stereocenters. The highest BCUT2D eigenvalue weighted by molar-refractivity contribution is 7.93. The van der Waals surface area contributed by atoms with Gasteiger partial charge in [0.2, 0.25) is 15.9 Å². The first-order valence-corrected chi connectivity index (χ1v) is 16.5. The molecule has 2 aromatic carbocycles. The van der Waals surface area contributed by atoms with Crippen LogP contribution >= 0.6 is 0 Å². The Labute approximate surface area is 270 Å². The number of halogens is 2. The van der Waals surface area contributed by atoms with Gasteiger partial charge in [-0.1, -0.05) is 67.6 Å². The maximum Gasteiger partial charge on any atom is 0.407 e. The maximum atomic E-state index is 15.4. The summed E-state index contributed by atoms with van der Waals surface area (Å²) in [5.41, 5.74) is 7.42. The average Bonchev–Trinajstić information content (AvgIpc) is 3.00. The van der Waals surface area contributed by atoms with Crippen molar-refractivity contribution in [3.05, 3.63) is 94.5 Å². The molecule has 13 heteroatoms. The minimum Gasteiger partial charge on any atom is -0.453 e. The molecule has 0 heterocycles. The third-order valence-corrected chi connectivity index (χ3v) is 9.65. The number of sulfonamides is 1. The summed E-state index contributed by atoms with van der Waals surface area (Å²) in [5, 5.41) is 15.2. The van der Waals surface area contributed by atoms with Crippen molar-refractivity contribution in [2.24, 2.45) is 5.73 Å². The van der Waals surface area contributed by atoms with Gasteiger partial charge in [0.15, 0.2) is 0 Å². The number of alkyl halides is 2. The Morgan fingerprint density at radius 2 is 1.59 bits per heavy atom. The fourth-order valence-corrected chi connectivity index (χ4v) is 7.15. The van der Waals surface area contributed by atoms with Gasteiger partial charge in [-0.3, -0.25) is 4.79 Å². The first-order valence-electron chi connectivity index (χ1n) is 15.1. The minimum absolute atomic E-state index is 0.0319. The number of rotatable bonds is 17. The Morgan fingerprint density at radius 3 is 2.02 bits per heavy atom. The van der Waals surface area contributed by atoms with E-state index in [0.717, 1.165) is 11.4 Å². The number of carbonyl (C=O) groups is 2. The molecule has 0 aliphatic heterocycles. The summed E-state index contributed by atoms with van der Waals surface area (Å²) >= 11 is 0. The van der Waals surface area contributed by atoms with Crippen LogP contribution in [0, 0.1) is 0 Å². The molecule has 2 rings (SSSR count). The van der Waals surface area contributed by atoms with Gasteiger partial charge in [-0.05, 0) is 50.5 Å². The lowest BCUT2D eigenvalue weighted by atomic mass is 9.84. The molecule has 0 aliphatic carbocycles. The maximum absolute atomic E-state index is 15.4. The third-order valence-electron chi connectivity index (χ3n) is 7.29. The van der Waals surface area contributed by atoms with E-state index >= 15 is 8.78 Å². The summed E-state index contributed by atoms with van der Waals surface area (Å²) < 4.78 is 63.5. The Bertz CT molecular complexity index is 1390. The molecule has 2 amide bonds. The van der Waals surface area contributed by atoms with Gasteiger partial charge in [0.1, 0.15) is 6.04 Å². The molecule has 0 saturated heterocycles. The van der Waals surface area contributed by atoms with E-state index in [0.29, 0.717) is 16.8 Å². The summed E-state index contributed by atoms with van der Waals surface area (Å²) in [6.07, 6.45) is 0.130. The Morgan fingerprint density at radius 1 is 1.04 bits per heavy atom. The predicted octanol–water partition coefficient (Wildman–Crippen LogP) is 4.63. The highest BCUT2D eigenvalue weighted by Gasteiger charge is 2.41. The van der Waals surface area contributed by atoms with Crippen molar-refractivity contribution >= 4 is 22.0 Å². The van der Waals surface area contributed by atoms with Crippen LogP contribution in [0.5, 0.6) is 0 Å². The first kappa shape index (κ1) is 38.4. The smallest absolute Gasteiger partial charge is 0.407 e. The van der Waals surface area contributed by atoms with E-state index in [4.69, 9.17) is 10.5 Å². The zero-order valence-corrected chi connectivity index (χ0v) is 27.8. The van der Waals surface area contributed by atoms with Crippen molar-refractivity contribution < 1.29 is 36.6 Å². The van der Waals surface area contributed by atoms with Gasteiger partial charge in [-0.15, -0.1) is 0 Å². The fraction of sp³-hybridized carbons (Fsp3) is 0.455. The van der Waals surface area contributed by atoms with Crippen LogP contribution in [-0.4, -0.2) is 74.1 Å². The number of allylic oxidation sites excluding steroid dienone is 4. The molecule has 0 bridgehead atoms. The van der Waals surface area contributed by atoms with E-state index in [2.05, 4.69) is 10.6 Å². The topological polar surface area (TPSA) is 151 Å².